The standard InChI is InChI=1S/C30H28N2O5/c1-2-16-3-5-18(6-4-16)31-15-17(13-25(31)33)30(36)37-20-9-7-19(8-10-20)32-28(34)26-21-11-12-22(24-14-23(21)24)27(26)29(32)35/h3-12,17,21-24,26-27H,2,13-15H2,1H3/t17-,21+,22+,23-,24+,26-,27+/m1/s1. The Morgan fingerprint density at radius 3 is 2.05 bits per heavy atom. The van der Waals surface area contributed by atoms with Gasteiger partial charge < -0.3 is 9.64 Å². The number of allylic oxidation sites excluding steroid dienone is 2. The van der Waals surface area contributed by atoms with Crippen molar-refractivity contribution in [3.05, 3.63) is 66.2 Å². The first-order chi connectivity index (χ1) is 17.9. The van der Waals surface area contributed by atoms with Gasteiger partial charge in [-0.05, 0) is 78.5 Å². The first-order valence-corrected chi connectivity index (χ1v) is 13.2. The van der Waals surface area contributed by atoms with Crippen LogP contribution in [0.4, 0.5) is 11.4 Å². The minimum Gasteiger partial charge on any atom is -0.426 e. The third kappa shape index (κ3) is 3.40. The van der Waals surface area contributed by atoms with E-state index in [4.69, 9.17) is 4.74 Å². The summed E-state index contributed by atoms with van der Waals surface area (Å²) in [7, 11) is 0. The summed E-state index contributed by atoms with van der Waals surface area (Å²) in [5.74, 6) is -0.0297. The van der Waals surface area contributed by atoms with Gasteiger partial charge in [0.15, 0.2) is 0 Å². The zero-order valence-electron chi connectivity index (χ0n) is 20.6. The summed E-state index contributed by atoms with van der Waals surface area (Å²) in [5, 5.41) is 0. The average molecular weight is 497 g/mol. The molecule has 37 heavy (non-hydrogen) atoms. The first kappa shape index (κ1) is 22.5. The van der Waals surface area contributed by atoms with E-state index in [9.17, 15) is 19.2 Å². The molecule has 3 amide bonds. The zero-order valence-corrected chi connectivity index (χ0v) is 20.6. The number of imide groups is 1. The third-order valence-electron chi connectivity index (χ3n) is 9.09. The van der Waals surface area contributed by atoms with E-state index < -0.39 is 11.9 Å². The van der Waals surface area contributed by atoms with Crippen LogP contribution in [0.25, 0.3) is 0 Å². The van der Waals surface area contributed by atoms with E-state index in [2.05, 4.69) is 19.1 Å². The first-order valence-electron chi connectivity index (χ1n) is 13.2. The normalized spacial score (nSPS) is 33.1. The molecule has 0 spiro atoms. The van der Waals surface area contributed by atoms with Crippen molar-refractivity contribution in [1.29, 1.82) is 0 Å². The van der Waals surface area contributed by atoms with Crippen molar-refractivity contribution < 1.29 is 23.9 Å². The van der Waals surface area contributed by atoms with E-state index in [0.717, 1.165) is 18.5 Å². The Kier molecular flexibility index (Phi) is 4.94. The lowest BCUT2D eigenvalue weighted by Gasteiger charge is -2.37. The Morgan fingerprint density at radius 2 is 1.46 bits per heavy atom. The van der Waals surface area contributed by atoms with Gasteiger partial charge in [0, 0.05) is 18.7 Å². The summed E-state index contributed by atoms with van der Waals surface area (Å²) in [5.41, 5.74) is 2.48. The molecule has 2 saturated heterocycles. The number of benzene rings is 2. The van der Waals surface area contributed by atoms with Gasteiger partial charge in [0.25, 0.3) is 0 Å². The molecule has 7 atom stereocenters. The van der Waals surface area contributed by atoms with E-state index in [1.165, 1.54) is 10.5 Å². The lowest BCUT2D eigenvalue weighted by atomic mass is 9.63. The lowest BCUT2D eigenvalue weighted by molar-refractivity contribution is -0.139. The highest BCUT2D eigenvalue weighted by Gasteiger charge is 2.67. The van der Waals surface area contributed by atoms with Crippen LogP contribution in [0.2, 0.25) is 0 Å². The average Bonchev–Trinajstić information content (AvgIpc) is 3.60. The van der Waals surface area contributed by atoms with Gasteiger partial charge in [0.05, 0.1) is 23.4 Å². The molecule has 2 saturated carbocycles. The molecule has 0 aromatic heterocycles. The molecule has 6 aliphatic rings. The van der Waals surface area contributed by atoms with Crippen LogP contribution in [0.1, 0.15) is 25.3 Å². The van der Waals surface area contributed by atoms with Crippen LogP contribution in [0.3, 0.4) is 0 Å². The van der Waals surface area contributed by atoms with Crippen molar-refractivity contribution in [3.8, 4) is 5.75 Å². The number of esters is 1. The maximum absolute atomic E-state index is 13.3. The fourth-order valence-electron chi connectivity index (χ4n) is 7.10. The van der Waals surface area contributed by atoms with E-state index in [1.54, 1.807) is 29.2 Å². The molecule has 8 rings (SSSR count). The number of amides is 3. The maximum atomic E-state index is 13.3. The van der Waals surface area contributed by atoms with Crippen molar-refractivity contribution in [1.82, 2.24) is 0 Å². The van der Waals surface area contributed by atoms with Crippen molar-refractivity contribution >= 4 is 35.1 Å². The predicted molar refractivity (Wildman–Crippen MR) is 136 cm³/mol. The molecule has 2 bridgehead atoms. The Bertz CT molecular complexity index is 1310. The second-order valence-corrected chi connectivity index (χ2v) is 11.0. The molecule has 4 fully saturated rings. The van der Waals surface area contributed by atoms with Crippen LogP contribution < -0.4 is 14.5 Å². The van der Waals surface area contributed by atoms with E-state index in [0.29, 0.717) is 23.3 Å². The predicted octanol–water partition coefficient (Wildman–Crippen LogP) is 3.77. The summed E-state index contributed by atoms with van der Waals surface area (Å²) in [6.45, 7) is 2.35. The molecule has 7 nitrogen and oxygen atoms in total. The van der Waals surface area contributed by atoms with Crippen LogP contribution in [0, 0.1) is 41.4 Å². The van der Waals surface area contributed by atoms with Crippen LogP contribution in [0.15, 0.2) is 60.7 Å². The minimum atomic E-state index is -0.558. The molecule has 7 heteroatoms. The van der Waals surface area contributed by atoms with Gasteiger partial charge in [-0.3, -0.25) is 24.1 Å². The Balaban J connectivity index is 1.02. The van der Waals surface area contributed by atoms with E-state index in [1.807, 2.05) is 24.3 Å². The lowest BCUT2D eigenvalue weighted by Crippen LogP contribution is -2.40. The van der Waals surface area contributed by atoms with Gasteiger partial charge >= 0.3 is 5.97 Å². The van der Waals surface area contributed by atoms with E-state index >= 15 is 0 Å². The summed E-state index contributed by atoms with van der Waals surface area (Å²) in [6, 6.07) is 14.3. The topological polar surface area (TPSA) is 84.0 Å². The number of anilines is 2. The van der Waals surface area contributed by atoms with Gasteiger partial charge in [0.2, 0.25) is 17.7 Å². The SMILES string of the molecule is CCc1ccc(N2C[C@H](C(=O)Oc3ccc(N4C(=O)[C@@H]5[C@H]6C=C[C@@H]([C@@H]7C[C@H]67)[C@@H]5C4=O)cc3)CC2=O)cc1. The third-order valence-corrected chi connectivity index (χ3v) is 9.09. The number of nitrogens with zero attached hydrogens (tertiary/aromatic N) is 2. The fraction of sp³-hybridized carbons (Fsp3) is 0.400. The van der Waals surface area contributed by atoms with Gasteiger partial charge in [-0.15, -0.1) is 0 Å². The van der Waals surface area contributed by atoms with Crippen molar-refractivity contribution in [3.63, 3.8) is 0 Å². The Morgan fingerprint density at radius 1 is 0.865 bits per heavy atom. The molecular formula is C30H28N2O5. The number of hydrogen-bond donors (Lipinski definition) is 0. The molecule has 188 valence electrons. The van der Waals surface area contributed by atoms with Crippen molar-refractivity contribution in [2.75, 3.05) is 16.3 Å². The second-order valence-electron chi connectivity index (χ2n) is 11.0. The molecule has 0 N–H and O–H groups in total. The van der Waals surface area contributed by atoms with Gasteiger partial charge in [0.1, 0.15) is 5.75 Å². The number of hydrogen-bond acceptors (Lipinski definition) is 5. The molecule has 0 radical (unpaired) electrons. The van der Waals surface area contributed by atoms with Crippen LogP contribution in [0.5, 0.6) is 5.75 Å². The van der Waals surface area contributed by atoms with E-state index in [-0.39, 0.29) is 54.4 Å². The molecule has 2 heterocycles. The highest BCUT2D eigenvalue weighted by Crippen LogP contribution is 2.65. The van der Waals surface area contributed by atoms with Gasteiger partial charge in [-0.2, -0.15) is 0 Å². The molecule has 2 aromatic carbocycles. The Labute approximate surface area is 215 Å². The van der Waals surface area contributed by atoms with Gasteiger partial charge in [-0.1, -0.05) is 31.2 Å². The molecule has 0 unspecified atom stereocenters. The number of carbonyl (C=O) groups is 4. The number of rotatable bonds is 5. The smallest absolute Gasteiger partial charge is 0.316 e. The number of ether oxygens (including phenoxy) is 1. The highest BCUT2D eigenvalue weighted by molar-refractivity contribution is 6.22. The zero-order chi connectivity index (χ0) is 25.4. The van der Waals surface area contributed by atoms with Crippen molar-refractivity contribution in [2.24, 2.45) is 41.4 Å². The fourth-order valence-corrected chi connectivity index (χ4v) is 7.10. The molecular weight excluding hydrogens is 468 g/mol. The second kappa shape index (κ2) is 8.13. The minimum absolute atomic E-state index is 0.102. The Hall–Kier alpha value is -3.74. The highest BCUT2D eigenvalue weighted by atomic mass is 16.5. The van der Waals surface area contributed by atoms with Crippen LogP contribution in [-0.4, -0.2) is 30.2 Å². The van der Waals surface area contributed by atoms with Crippen LogP contribution in [-0.2, 0) is 25.6 Å². The summed E-state index contributed by atoms with van der Waals surface area (Å²) < 4.78 is 5.58. The summed E-state index contributed by atoms with van der Waals surface area (Å²) in [6.07, 6.45) is 6.47. The molecule has 2 aromatic rings. The quantitative estimate of drug-likeness (QED) is 0.272. The summed E-state index contributed by atoms with van der Waals surface area (Å²) in [4.78, 5) is 55.0. The number of carbonyl (C=O) groups excluding carboxylic acids is 4. The molecule has 4 aliphatic carbocycles. The monoisotopic (exact) mass is 496 g/mol. The summed E-state index contributed by atoms with van der Waals surface area (Å²) >= 11 is 0. The maximum Gasteiger partial charge on any atom is 0.316 e. The van der Waals surface area contributed by atoms with Crippen molar-refractivity contribution in [2.45, 2.75) is 26.2 Å². The van der Waals surface area contributed by atoms with Crippen LogP contribution >= 0.6 is 0 Å². The largest absolute Gasteiger partial charge is 0.426 e. The van der Waals surface area contributed by atoms with Gasteiger partial charge in [-0.25, -0.2) is 0 Å². The number of aryl methyl sites for hydroxylation is 1. The molecule has 2 aliphatic heterocycles.